The van der Waals surface area contributed by atoms with Crippen molar-refractivity contribution in [2.45, 2.75) is 32.8 Å². The van der Waals surface area contributed by atoms with E-state index < -0.39 is 16.3 Å². The average Bonchev–Trinajstić information content (AvgIpc) is 2.45. The Morgan fingerprint density at radius 2 is 1.82 bits per heavy atom. The highest BCUT2D eigenvalue weighted by atomic mass is 32.2. The first kappa shape index (κ1) is 17.4. The highest BCUT2D eigenvalue weighted by Crippen LogP contribution is 2.22. The van der Waals surface area contributed by atoms with E-state index in [1.807, 2.05) is 30.3 Å². The predicted molar refractivity (Wildman–Crippen MR) is 87.6 cm³/mol. The van der Waals surface area contributed by atoms with Crippen LogP contribution in [0.15, 0.2) is 30.3 Å². The summed E-state index contributed by atoms with van der Waals surface area (Å²) in [5.41, 5.74) is 0.995. The molecule has 0 aliphatic carbocycles. The van der Waals surface area contributed by atoms with Gasteiger partial charge in [-0.1, -0.05) is 44.2 Å². The third-order valence-corrected chi connectivity index (χ3v) is 5.50. The second-order valence-corrected chi connectivity index (χ2v) is 8.22. The van der Waals surface area contributed by atoms with Gasteiger partial charge >= 0.3 is 0 Å². The molecule has 0 radical (unpaired) electrons. The zero-order chi connectivity index (χ0) is 16.2. The van der Waals surface area contributed by atoms with Gasteiger partial charge in [-0.25, -0.2) is 0 Å². The highest BCUT2D eigenvalue weighted by Gasteiger charge is 2.30. The number of hydrogen-bond acceptors (Lipinski definition) is 3. The molecular weight excluding hydrogens is 300 g/mol. The lowest BCUT2D eigenvalue weighted by molar-refractivity contribution is 0.175. The molecule has 1 aromatic carbocycles. The minimum absolute atomic E-state index is 0.0382. The molecule has 0 amide bonds. The number of benzene rings is 1. The van der Waals surface area contributed by atoms with E-state index in [2.05, 4.69) is 18.6 Å². The van der Waals surface area contributed by atoms with Crippen LogP contribution >= 0.6 is 0 Å². The number of nitrogens with zero attached hydrogens (tertiary/aromatic N) is 1. The van der Waals surface area contributed by atoms with E-state index in [1.165, 1.54) is 4.31 Å². The van der Waals surface area contributed by atoms with Crippen LogP contribution < -0.4 is 4.72 Å². The van der Waals surface area contributed by atoms with Crippen molar-refractivity contribution in [1.29, 1.82) is 0 Å². The lowest BCUT2D eigenvalue weighted by atomic mass is 9.94. The number of piperidine rings is 1. The minimum Gasteiger partial charge on any atom is -0.391 e. The van der Waals surface area contributed by atoms with Crippen molar-refractivity contribution in [3.05, 3.63) is 35.9 Å². The van der Waals surface area contributed by atoms with Gasteiger partial charge in [0, 0.05) is 19.6 Å². The Hall–Kier alpha value is -0.950. The van der Waals surface area contributed by atoms with Gasteiger partial charge < -0.3 is 5.11 Å². The van der Waals surface area contributed by atoms with Crippen LogP contribution in [0.3, 0.4) is 0 Å². The summed E-state index contributed by atoms with van der Waals surface area (Å²) in [6, 6.07) is 9.57. The van der Waals surface area contributed by atoms with Crippen molar-refractivity contribution in [3.63, 3.8) is 0 Å². The molecular formula is C16H26N2O3S. The van der Waals surface area contributed by atoms with Gasteiger partial charge in [0.2, 0.25) is 0 Å². The van der Waals surface area contributed by atoms with Crippen LogP contribution in [-0.4, -0.2) is 43.6 Å². The Balaban J connectivity index is 1.86. The average molecular weight is 326 g/mol. The molecule has 3 atom stereocenters. The standard InChI is InChI=1S/C16H26N2O3S/c1-13-8-14(2)12-18(11-13)22(20,21)17-10-16(19)9-15-6-4-3-5-7-15/h3-7,13-14,16-17,19H,8-12H2,1-2H3/t13-,14-,16+/m1/s1. The minimum atomic E-state index is -3.51. The molecule has 1 aromatic rings. The normalized spacial score (nSPS) is 25.0. The van der Waals surface area contributed by atoms with E-state index in [4.69, 9.17) is 0 Å². The van der Waals surface area contributed by atoms with E-state index >= 15 is 0 Å². The summed E-state index contributed by atoms with van der Waals surface area (Å²) in [5.74, 6) is 0.740. The zero-order valence-electron chi connectivity index (χ0n) is 13.3. The Labute approximate surface area is 133 Å². The van der Waals surface area contributed by atoms with E-state index in [-0.39, 0.29) is 6.54 Å². The quantitative estimate of drug-likeness (QED) is 0.830. The summed E-state index contributed by atoms with van der Waals surface area (Å²) in [6.07, 6.45) is 0.774. The smallest absolute Gasteiger partial charge is 0.279 e. The second kappa shape index (κ2) is 7.55. The van der Waals surface area contributed by atoms with Crippen LogP contribution in [0.2, 0.25) is 0 Å². The molecule has 22 heavy (non-hydrogen) atoms. The molecule has 1 aliphatic heterocycles. The Bertz CT molecular complexity index is 552. The fraction of sp³-hybridized carbons (Fsp3) is 0.625. The SMILES string of the molecule is C[C@@H]1C[C@@H](C)CN(S(=O)(=O)NC[C@@H](O)Cc2ccccc2)C1. The van der Waals surface area contributed by atoms with Gasteiger partial charge in [0.25, 0.3) is 10.2 Å². The van der Waals surface area contributed by atoms with Crippen molar-refractivity contribution < 1.29 is 13.5 Å². The van der Waals surface area contributed by atoms with Gasteiger partial charge in [-0.3, -0.25) is 0 Å². The Kier molecular flexibility index (Phi) is 5.97. The van der Waals surface area contributed by atoms with Crippen LogP contribution in [0, 0.1) is 11.8 Å². The molecule has 0 saturated carbocycles. The molecule has 1 saturated heterocycles. The lowest BCUT2D eigenvalue weighted by Gasteiger charge is -2.34. The van der Waals surface area contributed by atoms with Crippen molar-refractivity contribution in [2.24, 2.45) is 11.8 Å². The molecule has 2 N–H and O–H groups in total. The third-order valence-electron chi connectivity index (χ3n) is 3.99. The van der Waals surface area contributed by atoms with Gasteiger partial charge in [0.15, 0.2) is 0 Å². The molecule has 2 rings (SSSR count). The fourth-order valence-corrected chi connectivity index (χ4v) is 4.54. The maximum Gasteiger partial charge on any atom is 0.279 e. The van der Waals surface area contributed by atoms with Crippen LogP contribution in [0.4, 0.5) is 0 Å². The van der Waals surface area contributed by atoms with Crippen molar-refractivity contribution in [1.82, 2.24) is 9.03 Å². The molecule has 6 heteroatoms. The number of aliphatic hydroxyl groups is 1. The maximum absolute atomic E-state index is 12.3. The van der Waals surface area contributed by atoms with Crippen molar-refractivity contribution in [3.8, 4) is 0 Å². The highest BCUT2D eigenvalue weighted by molar-refractivity contribution is 7.87. The molecule has 1 fully saturated rings. The van der Waals surface area contributed by atoms with Crippen molar-refractivity contribution >= 4 is 10.2 Å². The molecule has 5 nitrogen and oxygen atoms in total. The second-order valence-electron chi connectivity index (χ2n) is 6.46. The van der Waals surface area contributed by atoms with E-state index in [9.17, 15) is 13.5 Å². The van der Waals surface area contributed by atoms with E-state index in [0.29, 0.717) is 31.3 Å². The van der Waals surface area contributed by atoms with Gasteiger partial charge in [0.05, 0.1) is 6.10 Å². The molecule has 0 bridgehead atoms. The monoisotopic (exact) mass is 326 g/mol. The van der Waals surface area contributed by atoms with E-state index in [0.717, 1.165) is 12.0 Å². The van der Waals surface area contributed by atoms with Gasteiger partial charge in [-0.2, -0.15) is 17.4 Å². The number of hydrogen-bond donors (Lipinski definition) is 2. The summed E-state index contributed by atoms with van der Waals surface area (Å²) < 4.78 is 28.7. The topological polar surface area (TPSA) is 69.6 Å². The number of aliphatic hydroxyl groups excluding tert-OH is 1. The number of nitrogens with one attached hydrogen (secondary N) is 1. The van der Waals surface area contributed by atoms with Crippen LogP contribution in [0.1, 0.15) is 25.8 Å². The summed E-state index contributed by atoms with van der Waals surface area (Å²) in [6.45, 7) is 5.28. The fourth-order valence-electron chi connectivity index (χ4n) is 3.05. The molecule has 1 heterocycles. The first-order valence-corrected chi connectivity index (χ1v) is 9.27. The Morgan fingerprint density at radius 1 is 1.23 bits per heavy atom. The predicted octanol–water partition coefficient (Wildman–Crippen LogP) is 1.40. The molecule has 0 aromatic heterocycles. The third kappa shape index (κ3) is 5.05. The zero-order valence-corrected chi connectivity index (χ0v) is 14.1. The summed E-state index contributed by atoms with van der Waals surface area (Å²) in [5, 5.41) is 10.0. The van der Waals surface area contributed by atoms with Crippen LogP contribution in [0.5, 0.6) is 0 Å². The largest absolute Gasteiger partial charge is 0.391 e. The van der Waals surface area contributed by atoms with E-state index in [1.54, 1.807) is 0 Å². The summed E-state index contributed by atoms with van der Waals surface area (Å²) >= 11 is 0. The molecule has 0 spiro atoms. The van der Waals surface area contributed by atoms with Gasteiger partial charge in [-0.15, -0.1) is 0 Å². The first-order valence-electron chi connectivity index (χ1n) is 7.83. The van der Waals surface area contributed by atoms with Crippen LogP contribution in [0.25, 0.3) is 0 Å². The lowest BCUT2D eigenvalue weighted by Crippen LogP contribution is -2.49. The van der Waals surface area contributed by atoms with Crippen LogP contribution in [-0.2, 0) is 16.6 Å². The maximum atomic E-state index is 12.3. The van der Waals surface area contributed by atoms with Gasteiger partial charge in [-0.05, 0) is 30.2 Å². The summed E-state index contributed by atoms with van der Waals surface area (Å²) in [4.78, 5) is 0. The van der Waals surface area contributed by atoms with Crippen molar-refractivity contribution in [2.75, 3.05) is 19.6 Å². The number of rotatable bonds is 6. The molecule has 124 valence electrons. The Morgan fingerprint density at radius 3 is 2.41 bits per heavy atom. The first-order chi connectivity index (χ1) is 10.4. The van der Waals surface area contributed by atoms with Gasteiger partial charge in [0.1, 0.15) is 0 Å². The molecule has 1 aliphatic rings. The summed E-state index contributed by atoms with van der Waals surface area (Å²) in [7, 11) is -3.51. The molecule has 0 unspecified atom stereocenters.